The number of nitrogens with one attached hydrogen (secondary N) is 1. The first-order valence-corrected chi connectivity index (χ1v) is 7.42. The Hall–Kier alpha value is -2.80. The van der Waals surface area contributed by atoms with Crippen LogP contribution in [0.5, 0.6) is 5.75 Å². The lowest BCUT2D eigenvalue weighted by atomic mass is 10.1. The summed E-state index contributed by atoms with van der Waals surface area (Å²) in [7, 11) is 0. The number of aryl methyl sites for hydroxylation is 1. The van der Waals surface area contributed by atoms with E-state index < -0.39 is 18.5 Å². The summed E-state index contributed by atoms with van der Waals surface area (Å²) in [5, 5.41) is 6.60. The molecule has 0 saturated carbocycles. The monoisotopic (exact) mass is 348 g/mol. The molecule has 0 radical (unpaired) electrons. The van der Waals surface area contributed by atoms with Gasteiger partial charge in [0.1, 0.15) is 18.1 Å². The van der Waals surface area contributed by atoms with E-state index in [1.807, 2.05) is 0 Å². The van der Waals surface area contributed by atoms with Crippen molar-refractivity contribution >= 4 is 35.4 Å². The van der Waals surface area contributed by atoms with Crippen molar-refractivity contribution in [1.82, 2.24) is 5.16 Å². The van der Waals surface area contributed by atoms with E-state index in [9.17, 15) is 9.59 Å². The lowest BCUT2D eigenvalue weighted by Crippen LogP contribution is -2.24. The topological polar surface area (TPSA) is 90.7 Å². The SMILES string of the molecule is Cc1cc(NC(=O)COC(=O)C2=Cc3cc(Cl)ccc3OC2)no1. The highest BCUT2D eigenvalue weighted by Gasteiger charge is 2.19. The molecule has 2 heterocycles. The minimum absolute atomic E-state index is 0.0670. The number of carbonyl (C=O) groups is 2. The van der Waals surface area contributed by atoms with Crippen LogP contribution in [0.25, 0.3) is 6.08 Å². The Kier molecular flexibility index (Phi) is 4.52. The molecule has 1 aromatic carbocycles. The Morgan fingerprint density at radius 2 is 2.21 bits per heavy atom. The number of rotatable bonds is 4. The highest BCUT2D eigenvalue weighted by molar-refractivity contribution is 6.30. The molecule has 8 heteroatoms. The van der Waals surface area contributed by atoms with Gasteiger partial charge in [-0.3, -0.25) is 4.79 Å². The van der Waals surface area contributed by atoms with Gasteiger partial charge in [0.25, 0.3) is 5.91 Å². The summed E-state index contributed by atoms with van der Waals surface area (Å²) in [6, 6.07) is 6.66. The van der Waals surface area contributed by atoms with Crippen LogP contribution in [-0.2, 0) is 14.3 Å². The number of amides is 1. The molecule has 1 aliphatic heterocycles. The number of hydrogen-bond donors (Lipinski definition) is 1. The molecule has 2 aromatic rings. The van der Waals surface area contributed by atoms with Crippen LogP contribution >= 0.6 is 11.6 Å². The number of aromatic nitrogens is 1. The molecule has 0 spiro atoms. The summed E-state index contributed by atoms with van der Waals surface area (Å²) in [5.41, 5.74) is 0.984. The van der Waals surface area contributed by atoms with Gasteiger partial charge in [-0.15, -0.1) is 0 Å². The molecule has 1 aliphatic rings. The van der Waals surface area contributed by atoms with Crippen molar-refractivity contribution in [3.05, 3.63) is 46.2 Å². The molecule has 0 fully saturated rings. The largest absolute Gasteiger partial charge is 0.488 e. The molecule has 0 bridgehead atoms. The van der Waals surface area contributed by atoms with Gasteiger partial charge in [0.05, 0.1) is 5.57 Å². The number of anilines is 1. The fraction of sp³-hybridized carbons (Fsp3) is 0.188. The van der Waals surface area contributed by atoms with Crippen LogP contribution in [-0.4, -0.2) is 30.2 Å². The van der Waals surface area contributed by atoms with Crippen molar-refractivity contribution in [2.24, 2.45) is 0 Å². The predicted molar refractivity (Wildman–Crippen MR) is 85.8 cm³/mol. The van der Waals surface area contributed by atoms with E-state index in [-0.39, 0.29) is 12.4 Å². The maximum absolute atomic E-state index is 12.0. The summed E-state index contributed by atoms with van der Waals surface area (Å²) in [6.07, 6.45) is 1.63. The second-order valence-electron chi connectivity index (χ2n) is 5.09. The quantitative estimate of drug-likeness (QED) is 0.854. The molecule has 124 valence electrons. The van der Waals surface area contributed by atoms with Gasteiger partial charge in [-0.05, 0) is 31.2 Å². The zero-order chi connectivity index (χ0) is 17.1. The number of nitrogens with zero attached hydrogens (tertiary/aromatic N) is 1. The molecule has 1 N–H and O–H groups in total. The van der Waals surface area contributed by atoms with E-state index in [2.05, 4.69) is 10.5 Å². The smallest absolute Gasteiger partial charge is 0.338 e. The van der Waals surface area contributed by atoms with Crippen LogP contribution in [0.1, 0.15) is 11.3 Å². The lowest BCUT2D eigenvalue weighted by molar-refractivity contribution is -0.143. The fourth-order valence-electron chi connectivity index (χ4n) is 2.09. The fourth-order valence-corrected chi connectivity index (χ4v) is 2.27. The molecule has 7 nitrogen and oxygen atoms in total. The van der Waals surface area contributed by atoms with E-state index in [1.165, 1.54) is 0 Å². The number of ether oxygens (including phenoxy) is 2. The summed E-state index contributed by atoms with van der Waals surface area (Å²) in [4.78, 5) is 23.8. The van der Waals surface area contributed by atoms with Crippen LogP contribution in [0.2, 0.25) is 5.02 Å². The van der Waals surface area contributed by atoms with Crippen molar-refractivity contribution in [1.29, 1.82) is 0 Å². The third-order valence-electron chi connectivity index (χ3n) is 3.18. The van der Waals surface area contributed by atoms with Crippen LogP contribution in [0.3, 0.4) is 0 Å². The van der Waals surface area contributed by atoms with Gasteiger partial charge >= 0.3 is 5.97 Å². The molecule has 1 aromatic heterocycles. The van der Waals surface area contributed by atoms with Crippen molar-refractivity contribution in [2.45, 2.75) is 6.92 Å². The summed E-state index contributed by atoms with van der Waals surface area (Å²) < 4.78 is 15.3. The molecule has 3 rings (SSSR count). The van der Waals surface area contributed by atoms with E-state index in [0.717, 1.165) is 0 Å². The van der Waals surface area contributed by atoms with Gasteiger partial charge in [0.15, 0.2) is 12.4 Å². The van der Waals surface area contributed by atoms with Gasteiger partial charge in [-0.25, -0.2) is 4.79 Å². The highest BCUT2D eigenvalue weighted by Crippen LogP contribution is 2.29. The average Bonchev–Trinajstić information content (AvgIpc) is 2.96. The van der Waals surface area contributed by atoms with E-state index in [4.69, 9.17) is 25.6 Å². The molecule has 0 unspecified atom stereocenters. The molecule has 1 amide bonds. The van der Waals surface area contributed by atoms with E-state index in [1.54, 1.807) is 37.3 Å². The Morgan fingerprint density at radius 1 is 1.38 bits per heavy atom. The maximum atomic E-state index is 12.0. The van der Waals surface area contributed by atoms with Crippen molar-refractivity contribution in [3.63, 3.8) is 0 Å². The number of carbonyl (C=O) groups excluding carboxylic acids is 2. The standard InChI is InChI=1S/C16H13ClN2O5/c1-9-4-14(19-24-9)18-15(20)8-23-16(21)11-5-10-6-12(17)2-3-13(10)22-7-11/h2-6H,7-8H2,1H3,(H,18,19,20). The van der Waals surface area contributed by atoms with Crippen molar-refractivity contribution in [2.75, 3.05) is 18.5 Å². The van der Waals surface area contributed by atoms with Crippen LogP contribution in [0.4, 0.5) is 5.82 Å². The first kappa shape index (κ1) is 16.1. The number of halogens is 1. The number of benzene rings is 1. The summed E-state index contributed by atoms with van der Waals surface area (Å²) >= 11 is 5.92. The lowest BCUT2D eigenvalue weighted by Gasteiger charge is -2.17. The minimum Gasteiger partial charge on any atom is -0.488 e. The van der Waals surface area contributed by atoms with Gasteiger partial charge in [-0.2, -0.15) is 0 Å². The maximum Gasteiger partial charge on any atom is 0.338 e. The molecule has 0 aliphatic carbocycles. The van der Waals surface area contributed by atoms with E-state index in [0.29, 0.717) is 27.7 Å². The molecular formula is C16H13ClN2O5. The minimum atomic E-state index is -0.632. The third-order valence-corrected chi connectivity index (χ3v) is 3.41. The first-order valence-electron chi connectivity index (χ1n) is 7.04. The van der Waals surface area contributed by atoms with Crippen molar-refractivity contribution in [3.8, 4) is 5.75 Å². The predicted octanol–water partition coefficient (Wildman–Crippen LogP) is 2.59. The van der Waals surface area contributed by atoms with Gasteiger partial charge in [-0.1, -0.05) is 16.8 Å². The van der Waals surface area contributed by atoms with Gasteiger partial charge in [0.2, 0.25) is 0 Å². The number of hydrogen-bond acceptors (Lipinski definition) is 6. The molecule has 0 saturated heterocycles. The van der Waals surface area contributed by atoms with Gasteiger partial charge < -0.3 is 19.3 Å². The van der Waals surface area contributed by atoms with Crippen LogP contribution in [0.15, 0.2) is 34.4 Å². The Morgan fingerprint density at radius 3 is 2.96 bits per heavy atom. The van der Waals surface area contributed by atoms with Gasteiger partial charge in [0, 0.05) is 16.7 Å². The average molecular weight is 349 g/mol. The highest BCUT2D eigenvalue weighted by atomic mass is 35.5. The zero-order valence-electron chi connectivity index (χ0n) is 12.7. The molecule has 24 heavy (non-hydrogen) atoms. The molecular weight excluding hydrogens is 336 g/mol. The second-order valence-corrected chi connectivity index (χ2v) is 5.52. The van der Waals surface area contributed by atoms with Crippen molar-refractivity contribution < 1.29 is 23.6 Å². The number of fused-ring (bicyclic) bond motifs is 1. The Bertz CT molecular complexity index is 828. The Labute approximate surface area is 142 Å². The Balaban J connectivity index is 1.58. The third kappa shape index (κ3) is 3.75. The van der Waals surface area contributed by atoms with Crippen LogP contribution in [0, 0.1) is 6.92 Å². The number of esters is 1. The van der Waals surface area contributed by atoms with E-state index >= 15 is 0 Å². The first-order chi connectivity index (χ1) is 11.5. The second kappa shape index (κ2) is 6.76. The molecule has 0 atom stereocenters. The van der Waals surface area contributed by atoms with Crippen LogP contribution < -0.4 is 10.1 Å². The zero-order valence-corrected chi connectivity index (χ0v) is 13.4. The summed E-state index contributed by atoms with van der Waals surface area (Å²) in [6.45, 7) is 1.32. The summed E-state index contributed by atoms with van der Waals surface area (Å²) in [5.74, 6) is 0.307. The normalized spacial score (nSPS) is 12.7.